The van der Waals surface area contributed by atoms with E-state index in [1.54, 1.807) is 0 Å². The molecule has 1 aromatic rings. The monoisotopic (exact) mass is 462 g/mol. The van der Waals surface area contributed by atoms with Gasteiger partial charge in [-0.15, -0.1) is 11.8 Å². The maximum atomic E-state index is 12.2. The molecular weight excluding hydrogens is 440 g/mol. The molecule has 0 spiro atoms. The number of carbonyl (C=O) groups excluding carboxylic acids is 1. The fourth-order valence-electron chi connectivity index (χ4n) is 4.37. The van der Waals surface area contributed by atoms with Crippen LogP contribution in [0.15, 0.2) is 33.8 Å². The van der Waals surface area contributed by atoms with Crippen LogP contribution in [0.3, 0.4) is 0 Å². The van der Waals surface area contributed by atoms with Crippen molar-refractivity contribution in [3.63, 3.8) is 0 Å². The van der Waals surface area contributed by atoms with Gasteiger partial charge in [-0.1, -0.05) is 28.1 Å². The highest BCUT2D eigenvalue weighted by atomic mass is 79.9. The van der Waals surface area contributed by atoms with Crippen molar-refractivity contribution in [2.45, 2.75) is 38.0 Å². The van der Waals surface area contributed by atoms with Crippen LogP contribution in [0, 0.1) is 29.1 Å². The number of nitrogens with one attached hydrogen (secondary N) is 1. The second-order valence-corrected chi connectivity index (χ2v) is 9.15. The van der Waals surface area contributed by atoms with Crippen molar-refractivity contribution in [3.05, 3.63) is 34.3 Å². The molecule has 148 valence electrons. The van der Waals surface area contributed by atoms with Crippen molar-refractivity contribution >= 4 is 38.7 Å². The summed E-state index contributed by atoms with van der Waals surface area (Å²) in [5.41, 5.74) is 1.17. The van der Waals surface area contributed by atoms with E-state index < -0.39 is 0 Å². The van der Waals surface area contributed by atoms with Crippen LogP contribution in [0.5, 0.6) is 0 Å². The summed E-state index contributed by atoms with van der Waals surface area (Å²) >= 11 is 5.10. The lowest BCUT2D eigenvalue weighted by Gasteiger charge is -2.43. The van der Waals surface area contributed by atoms with Crippen molar-refractivity contribution in [2.75, 3.05) is 12.9 Å². The highest BCUT2D eigenvalue weighted by Gasteiger charge is 2.54. The largest absolute Gasteiger partial charge is 0.466 e. The maximum Gasteiger partial charge on any atom is 0.309 e. The number of carbonyl (C=O) groups is 1. The summed E-state index contributed by atoms with van der Waals surface area (Å²) in [6.07, 6.45) is 3.49. The first kappa shape index (κ1) is 19.7. The van der Waals surface area contributed by atoms with Gasteiger partial charge in [0.15, 0.2) is 0 Å². The molecule has 1 saturated carbocycles. The van der Waals surface area contributed by atoms with Gasteiger partial charge in [0.05, 0.1) is 24.6 Å². The van der Waals surface area contributed by atoms with Crippen LogP contribution in [0.1, 0.15) is 31.4 Å². The van der Waals surface area contributed by atoms with Crippen molar-refractivity contribution in [1.29, 1.82) is 5.26 Å². The highest BCUT2D eigenvalue weighted by molar-refractivity contribution is 9.10. The molecule has 2 aliphatic heterocycles. The zero-order chi connectivity index (χ0) is 19.8. The molecule has 6 atom stereocenters. The lowest BCUT2D eigenvalue weighted by atomic mass is 9.90. The Morgan fingerprint density at radius 1 is 1.50 bits per heavy atom. The molecule has 0 aromatic heterocycles. The Balaban J connectivity index is 1.62. The normalized spacial score (nSPS) is 33.6. The fourth-order valence-corrected chi connectivity index (χ4v) is 5.40. The lowest BCUT2D eigenvalue weighted by molar-refractivity contribution is -0.145. The van der Waals surface area contributed by atoms with Crippen LogP contribution in [0.25, 0.3) is 0 Å². The molecule has 1 saturated heterocycles. The number of benzene rings is 1. The predicted octanol–water partition coefficient (Wildman–Crippen LogP) is 3.51. The molecule has 1 aliphatic carbocycles. The number of rotatable bonds is 4. The van der Waals surface area contributed by atoms with Crippen molar-refractivity contribution in [2.24, 2.45) is 22.9 Å². The highest BCUT2D eigenvalue weighted by Crippen LogP contribution is 2.49. The molecule has 2 fully saturated rings. The Labute approximate surface area is 177 Å². The van der Waals surface area contributed by atoms with Crippen LogP contribution in [-0.4, -0.2) is 41.1 Å². The number of halogens is 1. The summed E-state index contributed by atoms with van der Waals surface area (Å²) in [6, 6.07) is 10.9. The van der Waals surface area contributed by atoms with E-state index in [2.05, 4.69) is 44.5 Å². The van der Waals surface area contributed by atoms with Crippen LogP contribution < -0.4 is 5.32 Å². The smallest absolute Gasteiger partial charge is 0.309 e. The third-order valence-electron chi connectivity index (χ3n) is 5.79. The molecule has 4 rings (SSSR count). The fraction of sp³-hybridized carbons (Fsp3) is 0.550. The van der Waals surface area contributed by atoms with Gasteiger partial charge in [0.1, 0.15) is 17.1 Å². The summed E-state index contributed by atoms with van der Waals surface area (Å²) in [6.45, 7) is 2.26. The minimum atomic E-state index is -0.299. The molecule has 0 radical (unpaired) electrons. The number of hydrogen-bond donors (Lipinski definition) is 1. The summed E-state index contributed by atoms with van der Waals surface area (Å²) in [5, 5.41) is 21.1. The van der Waals surface area contributed by atoms with Crippen LogP contribution >= 0.6 is 27.7 Å². The van der Waals surface area contributed by atoms with Gasteiger partial charge < -0.3 is 4.74 Å². The van der Waals surface area contributed by atoms with Gasteiger partial charge in [0.2, 0.25) is 0 Å². The summed E-state index contributed by atoms with van der Waals surface area (Å²) in [5.74, 6) is -0.171. The first-order valence-corrected chi connectivity index (χ1v) is 11.6. The molecule has 6 unspecified atom stereocenters. The summed E-state index contributed by atoms with van der Waals surface area (Å²) < 4.78 is 6.24. The number of thioether (sulfide) groups is 1. The van der Waals surface area contributed by atoms with Crippen molar-refractivity contribution in [1.82, 2.24) is 10.3 Å². The van der Waals surface area contributed by atoms with Crippen molar-refractivity contribution in [3.8, 4) is 6.07 Å². The van der Waals surface area contributed by atoms with Crippen LogP contribution in [0.2, 0.25) is 0 Å². The molecule has 2 heterocycles. The first-order valence-electron chi connectivity index (χ1n) is 9.56. The second-order valence-electron chi connectivity index (χ2n) is 7.41. The number of nitrogens with zero attached hydrogens (tertiary/aromatic N) is 3. The first-order chi connectivity index (χ1) is 13.6. The van der Waals surface area contributed by atoms with Gasteiger partial charge in [-0.2, -0.15) is 10.4 Å². The quantitative estimate of drug-likeness (QED) is 0.689. The standard InChI is InChI=1S/C20H23BrN4O2S/c1-3-27-20(26)14-8-13(14)16-9-17(11-5-4-6-12(21)7-11)25-18(23-16)15(10-22)19(24-25)28-2/h4-7,13-18,23H,3,8-9H2,1-2H3. The molecule has 1 aromatic carbocycles. The van der Waals surface area contributed by atoms with E-state index >= 15 is 0 Å². The van der Waals surface area contributed by atoms with Gasteiger partial charge >= 0.3 is 5.97 Å². The zero-order valence-electron chi connectivity index (χ0n) is 15.8. The molecule has 3 aliphatic rings. The third-order valence-corrected chi connectivity index (χ3v) is 7.04. The lowest BCUT2D eigenvalue weighted by Crippen LogP contribution is -2.56. The third kappa shape index (κ3) is 3.56. The number of esters is 1. The summed E-state index contributed by atoms with van der Waals surface area (Å²) in [4.78, 5) is 12.2. The maximum absolute atomic E-state index is 12.2. The molecular formula is C20H23BrN4O2S. The minimum Gasteiger partial charge on any atom is -0.466 e. The Bertz CT molecular complexity index is 842. The average molecular weight is 463 g/mol. The zero-order valence-corrected chi connectivity index (χ0v) is 18.2. The Morgan fingerprint density at radius 3 is 3.00 bits per heavy atom. The number of fused-ring (bicyclic) bond motifs is 1. The van der Waals surface area contributed by atoms with E-state index in [9.17, 15) is 10.1 Å². The minimum absolute atomic E-state index is 0.0324. The predicted molar refractivity (Wildman–Crippen MR) is 112 cm³/mol. The second kappa shape index (κ2) is 8.05. The Kier molecular flexibility index (Phi) is 5.68. The number of nitriles is 1. The van der Waals surface area contributed by atoms with Crippen LogP contribution in [-0.2, 0) is 9.53 Å². The number of ether oxygens (including phenoxy) is 1. The van der Waals surface area contributed by atoms with Crippen molar-refractivity contribution < 1.29 is 9.53 Å². The number of hydrazone groups is 1. The molecule has 28 heavy (non-hydrogen) atoms. The van der Waals surface area contributed by atoms with Crippen LogP contribution in [0.4, 0.5) is 0 Å². The van der Waals surface area contributed by atoms with Gasteiger partial charge in [-0.25, -0.2) is 0 Å². The van der Waals surface area contributed by atoms with E-state index in [0.717, 1.165) is 22.4 Å². The molecule has 0 bridgehead atoms. The van der Waals surface area contributed by atoms with E-state index in [-0.39, 0.29) is 42.0 Å². The Morgan fingerprint density at radius 2 is 2.32 bits per heavy atom. The van der Waals surface area contributed by atoms with Gasteiger partial charge in [0.25, 0.3) is 0 Å². The summed E-state index contributed by atoms with van der Waals surface area (Å²) in [7, 11) is 0. The van der Waals surface area contributed by atoms with Gasteiger partial charge in [-0.3, -0.25) is 15.1 Å². The van der Waals surface area contributed by atoms with Gasteiger partial charge in [0, 0.05) is 10.5 Å². The molecule has 1 N–H and O–H groups in total. The Hall–Kier alpha value is -1.56. The van der Waals surface area contributed by atoms with E-state index in [1.807, 2.05) is 25.3 Å². The van der Waals surface area contributed by atoms with Gasteiger partial charge in [-0.05, 0) is 49.6 Å². The SMILES string of the molecule is CCOC(=O)C1CC1C1CC(c2cccc(Br)c2)N2N=C(SC)C(C#N)C2N1. The number of hydrogen-bond acceptors (Lipinski definition) is 7. The molecule has 6 nitrogen and oxygen atoms in total. The van der Waals surface area contributed by atoms with E-state index in [0.29, 0.717) is 6.61 Å². The molecule has 0 amide bonds. The average Bonchev–Trinajstić information content (AvgIpc) is 3.41. The van der Waals surface area contributed by atoms with E-state index in [4.69, 9.17) is 9.84 Å². The van der Waals surface area contributed by atoms with E-state index in [1.165, 1.54) is 17.3 Å². The molecule has 8 heteroatoms. The topological polar surface area (TPSA) is 77.7 Å².